The Morgan fingerprint density at radius 2 is 1.96 bits per heavy atom. The lowest BCUT2D eigenvalue weighted by atomic mass is 10.0. The molecule has 0 aliphatic carbocycles. The Morgan fingerprint density at radius 3 is 2.64 bits per heavy atom. The molecule has 2 aromatic carbocycles. The topological polar surface area (TPSA) is 61.9 Å². The number of likely N-dealkylation sites (N-methyl/N-ethyl adjacent to an activating group) is 1. The van der Waals surface area contributed by atoms with Crippen LogP contribution in [0.2, 0.25) is 0 Å². The van der Waals surface area contributed by atoms with E-state index in [0.29, 0.717) is 18.7 Å². The van der Waals surface area contributed by atoms with E-state index in [1.54, 1.807) is 25.0 Å². The summed E-state index contributed by atoms with van der Waals surface area (Å²) in [6.45, 7) is 2.70. The number of nitrogens with zero attached hydrogens (tertiary/aromatic N) is 2. The van der Waals surface area contributed by atoms with Crippen LogP contribution in [0.3, 0.4) is 0 Å². The van der Waals surface area contributed by atoms with Crippen molar-refractivity contribution < 1.29 is 14.3 Å². The first kappa shape index (κ1) is 19.9. The van der Waals surface area contributed by atoms with Gasteiger partial charge in [-0.1, -0.05) is 18.2 Å². The van der Waals surface area contributed by atoms with Crippen molar-refractivity contribution in [1.29, 1.82) is 0 Å². The number of benzene rings is 2. The van der Waals surface area contributed by atoms with Crippen molar-refractivity contribution in [2.24, 2.45) is 0 Å². The van der Waals surface area contributed by atoms with Gasteiger partial charge in [-0.3, -0.25) is 9.59 Å². The summed E-state index contributed by atoms with van der Waals surface area (Å²) in [6, 6.07) is 13.4. The molecule has 1 unspecified atom stereocenters. The van der Waals surface area contributed by atoms with Gasteiger partial charge >= 0.3 is 0 Å². The van der Waals surface area contributed by atoms with Gasteiger partial charge in [-0.05, 0) is 50.3 Å². The number of rotatable bonds is 6. The molecule has 1 aliphatic rings. The zero-order chi connectivity index (χ0) is 20.3. The number of ether oxygens (including phenoxy) is 1. The molecule has 0 spiro atoms. The second-order valence-electron chi connectivity index (χ2n) is 7.20. The van der Waals surface area contributed by atoms with Crippen molar-refractivity contribution in [3.8, 4) is 5.75 Å². The first-order valence-corrected chi connectivity index (χ1v) is 9.41. The van der Waals surface area contributed by atoms with Crippen molar-refractivity contribution in [1.82, 2.24) is 10.2 Å². The van der Waals surface area contributed by atoms with Gasteiger partial charge in [0.15, 0.2) is 0 Å². The van der Waals surface area contributed by atoms with E-state index in [1.807, 2.05) is 50.5 Å². The first-order valence-electron chi connectivity index (χ1n) is 9.41. The third kappa shape index (κ3) is 4.02. The second kappa shape index (κ2) is 8.44. The van der Waals surface area contributed by atoms with Gasteiger partial charge in [-0.15, -0.1) is 0 Å². The minimum absolute atomic E-state index is 0.0114. The van der Waals surface area contributed by atoms with Gasteiger partial charge < -0.3 is 19.9 Å². The van der Waals surface area contributed by atoms with Crippen molar-refractivity contribution in [3.63, 3.8) is 0 Å². The highest BCUT2D eigenvalue weighted by Crippen LogP contribution is 2.30. The van der Waals surface area contributed by atoms with Gasteiger partial charge in [-0.2, -0.15) is 0 Å². The van der Waals surface area contributed by atoms with Crippen LogP contribution < -0.4 is 15.0 Å². The summed E-state index contributed by atoms with van der Waals surface area (Å²) in [5.41, 5.74) is 3.59. The van der Waals surface area contributed by atoms with E-state index in [-0.39, 0.29) is 17.9 Å². The Bertz CT molecular complexity index is 879. The Labute approximate surface area is 166 Å². The number of hydrogen-bond donors (Lipinski definition) is 1. The molecule has 6 heteroatoms. The minimum atomic E-state index is -0.120. The molecule has 2 aromatic rings. The molecule has 28 heavy (non-hydrogen) atoms. The third-order valence-corrected chi connectivity index (χ3v) is 5.19. The number of amides is 2. The predicted octanol–water partition coefficient (Wildman–Crippen LogP) is 2.64. The summed E-state index contributed by atoms with van der Waals surface area (Å²) in [4.78, 5) is 28.2. The molecule has 1 heterocycles. The Balaban J connectivity index is 1.73. The first-order chi connectivity index (χ1) is 13.4. The van der Waals surface area contributed by atoms with Crippen LogP contribution in [0.1, 0.15) is 34.5 Å². The lowest BCUT2D eigenvalue weighted by Crippen LogP contribution is -2.34. The van der Waals surface area contributed by atoms with E-state index >= 15 is 0 Å². The fourth-order valence-corrected chi connectivity index (χ4v) is 3.67. The lowest BCUT2D eigenvalue weighted by molar-refractivity contribution is -0.116. The summed E-state index contributed by atoms with van der Waals surface area (Å²) in [5.74, 6) is 0.713. The van der Waals surface area contributed by atoms with E-state index in [0.717, 1.165) is 29.0 Å². The number of nitrogens with one attached hydrogen (secondary N) is 1. The van der Waals surface area contributed by atoms with Crippen molar-refractivity contribution in [2.75, 3.05) is 39.2 Å². The van der Waals surface area contributed by atoms with Crippen LogP contribution in [-0.2, 0) is 11.2 Å². The van der Waals surface area contributed by atoms with E-state index < -0.39 is 0 Å². The highest BCUT2D eigenvalue weighted by molar-refractivity contribution is 5.97. The summed E-state index contributed by atoms with van der Waals surface area (Å²) in [7, 11) is 5.61. The van der Waals surface area contributed by atoms with Crippen LogP contribution in [-0.4, -0.2) is 51.0 Å². The lowest BCUT2D eigenvalue weighted by Gasteiger charge is -2.26. The number of fused-ring (bicyclic) bond motifs is 1. The van der Waals surface area contributed by atoms with Gasteiger partial charge in [0.25, 0.3) is 5.91 Å². The zero-order valence-electron chi connectivity index (χ0n) is 16.9. The number of para-hydroxylation sites is 1. The average Bonchev–Trinajstić information content (AvgIpc) is 3.11. The normalized spacial score (nSPS) is 14.0. The summed E-state index contributed by atoms with van der Waals surface area (Å²) >= 11 is 0. The third-order valence-electron chi connectivity index (χ3n) is 5.19. The van der Waals surface area contributed by atoms with Gasteiger partial charge in [0, 0.05) is 36.8 Å². The smallest absolute Gasteiger partial charge is 0.251 e. The van der Waals surface area contributed by atoms with Crippen molar-refractivity contribution in [3.05, 3.63) is 59.2 Å². The van der Waals surface area contributed by atoms with E-state index in [9.17, 15) is 9.59 Å². The summed E-state index contributed by atoms with van der Waals surface area (Å²) in [5, 5.41) is 3.04. The fraction of sp³-hybridized carbons (Fsp3) is 0.364. The van der Waals surface area contributed by atoms with Crippen LogP contribution in [0.15, 0.2) is 42.5 Å². The SMILES string of the molecule is COc1ccccc1C(CNC(=O)c1ccc2c(c1)CCN2C(C)=O)N(C)C. The number of methoxy groups -OCH3 is 1. The predicted molar refractivity (Wildman–Crippen MR) is 110 cm³/mol. The molecule has 1 atom stereocenters. The van der Waals surface area contributed by atoms with Gasteiger partial charge in [0.05, 0.1) is 13.2 Å². The van der Waals surface area contributed by atoms with E-state index in [4.69, 9.17) is 4.74 Å². The van der Waals surface area contributed by atoms with Crippen molar-refractivity contribution in [2.45, 2.75) is 19.4 Å². The van der Waals surface area contributed by atoms with Gasteiger partial charge in [0.2, 0.25) is 5.91 Å². The molecule has 1 aliphatic heterocycles. The maximum Gasteiger partial charge on any atom is 0.251 e. The standard InChI is InChI=1S/C22H27N3O3/c1-15(26)25-12-11-16-13-17(9-10-19(16)25)22(27)23-14-20(24(2)3)18-7-5-6-8-21(18)28-4/h5-10,13,20H,11-12,14H2,1-4H3,(H,23,27). The maximum atomic E-state index is 12.7. The summed E-state index contributed by atoms with van der Waals surface area (Å²) < 4.78 is 5.48. The number of carbonyl (C=O) groups excluding carboxylic acids is 2. The second-order valence-corrected chi connectivity index (χ2v) is 7.20. The molecule has 0 fully saturated rings. The van der Waals surface area contributed by atoms with Gasteiger partial charge in [0.1, 0.15) is 5.75 Å². The molecule has 6 nitrogen and oxygen atoms in total. The fourth-order valence-electron chi connectivity index (χ4n) is 3.67. The molecule has 148 valence electrons. The highest BCUT2D eigenvalue weighted by atomic mass is 16.5. The number of anilines is 1. The zero-order valence-corrected chi connectivity index (χ0v) is 16.9. The molecular formula is C22H27N3O3. The number of carbonyl (C=O) groups is 2. The molecule has 0 saturated heterocycles. The Hall–Kier alpha value is -2.86. The molecule has 3 rings (SSSR count). The maximum absolute atomic E-state index is 12.7. The van der Waals surface area contributed by atoms with Crippen molar-refractivity contribution >= 4 is 17.5 Å². The molecule has 0 saturated carbocycles. The quantitative estimate of drug-likeness (QED) is 0.836. The van der Waals surface area contributed by atoms with Crippen LogP contribution in [0.4, 0.5) is 5.69 Å². The molecule has 0 radical (unpaired) electrons. The largest absolute Gasteiger partial charge is 0.496 e. The van der Waals surface area contributed by atoms with Crippen LogP contribution in [0.25, 0.3) is 0 Å². The Kier molecular flexibility index (Phi) is 5.99. The Morgan fingerprint density at radius 1 is 1.21 bits per heavy atom. The molecule has 0 aromatic heterocycles. The molecule has 1 N–H and O–H groups in total. The monoisotopic (exact) mass is 381 g/mol. The molecule has 2 amide bonds. The van der Waals surface area contributed by atoms with Crippen LogP contribution in [0, 0.1) is 0 Å². The van der Waals surface area contributed by atoms with Gasteiger partial charge in [-0.25, -0.2) is 0 Å². The van der Waals surface area contributed by atoms with E-state index in [1.165, 1.54) is 0 Å². The minimum Gasteiger partial charge on any atom is -0.496 e. The van der Waals surface area contributed by atoms with Crippen LogP contribution >= 0.6 is 0 Å². The van der Waals surface area contributed by atoms with Crippen LogP contribution in [0.5, 0.6) is 5.75 Å². The number of hydrogen-bond acceptors (Lipinski definition) is 4. The van der Waals surface area contributed by atoms with E-state index in [2.05, 4.69) is 10.2 Å². The summed E-state index contributed by atoms with van der Waals surface area (Å²) in [6.07, 6.45) is 0.775. The molecule has 0 bridgehead atoms. The highest BCUT2D eigenvalue weighted by Gasteiger charge is 2.24. The average molecular weight is 381 g/mol. The molecular weight excluding hydrogens is 354 g/mol.